The van der Waals surface area contributed by atoms with E-state index in [9.17, 15) is 9.59 Å². The number of benzene rings is 1. The van der Waals surface area contributed by atoms with Gasteiger partial charge < -0.3 is 9.73 Å². The lowest BCUT2D eigenvalue weighted by Crippen LogP contribution is -2.47. The van der Waals surface area contributed by atoms with Crippen LogP contribution in [-0.2, 0) is 4.79 Å². The molecule has 1 saturated carbocycles. The van der Waals surface area contributed by atoms with Gasteiger partial charge in [-0.2, -0.15) is 0 Å². The SMILES string of the molecule is C[C@@H](Sc1nnc(-c2cccc(Cl)c2)o1)C(=O)NC(=O)NC1CCCCC1. The number of aromatic nitrogens is 2. The Morgan fingerprint density at radius 1 is 1.26 bits per heavy atom. The molecule has 1 aliphatic rings. The predicted molar refractivity (Wildman–Crippen MR) is 104 cm³/mol. The molecule has 0 radical (unpaired) electrons. The molecule has 0 saturated heterocycles. The van der Waals surface area contributed by atoms with Crippen LogP contribution in [0.15, 0.2) is 33.9 Å². The summed E-state index contributed by atoms with van der Waals surface area (Å²) in [5.41, 5.74) is 0.700. The third-order valence-corrected chi connectivity index (χ3v) is 5.47. The molecule has 0 unspecified atom stereocenters. The normalized spacial score (nSPS) is 15.9. The molecule has 1 aromatic carbocycles. The first-order valence-electron chi connectivity index (χ1n) is 8.89. The molecule has 2 aromatic rings. The van der Waals surface area contributed by atoms with Crippen molar-refractivity contribution in [3.05, 3.63) is 29.3 Å². The molecular weight excluding hydrogens is 388 g/mol. The van der Waals surface area contributed by atoms with E-state index in [1.165, 1.54) is 6.42 Å². The molecule has 3 amide bonds. The monoisotopic (exact) mass is 408 g/mol. The molecule has 0 bridgehead atoms. The van der Waals surface area contributed by atoms with Gasteiger partial charge in [0.2, 0.25) is 11.8 Å². The van der Waals surface area contributed by atoms with E-state index in [-0.39, 0.29) is 11.3 Å². The number of rotatable bonds is 5. The second-order valence-corrected chi connectivity index (χ2v) is 8.17. The van der Waals surface area contributed by atoms with Crippen molar-refractivity contribution < 1.29 is 14.0 Å². The zero-order chi connectivity index (χ0) is 19.2. The molecular formula is C18H21ClN4O3S. The van der Waals surface area contributed by atoms with Crippen LogP contribution in [0.5, 0.6) is 0 Å². The summed E-state index contributed by atoms with van der Waals surface area (Å²) in [4.78, 5) is 24.2. The minimum atomic E-state index is -0.560. The van der Waals surface area contributed by atoms with Crippen LogP contribution in [0.4, 0.5) is 4.79 Å². The van der Waals surface area contributed by atoms with Crippen LogP contribution in [0.25, 0.3) is 11.5 Å². The zero-order valence-electron chi connectivity index (χ0n) is 14.9. The number of imide groups is 1. The number of urea groups is 1. The molecule has 1 aliphatic carbocycles. The van der Waals surface area contributed by atoms with Gasteiger partial charge in [0.05, 0.1) is 5.25 Å². The van der Waals surface area contributed by atoms with Gasteiger partial charge in [-0.3, -0.25) is 10.1 Å². The van der Waals surface area contributed by atoms with Crippen molar-refractivity contribution in [1.82, 2.24) is 20.8 Å². The quantitative estimate of drug-likeness (QED) is 0.725. The van der Waals surface area contributed by atoms with E-state index < -0.39 is 17.2 Å². The Balaban J connectivity index is 1.51. The number of nitrogens with zero attached hydrogens (tertiary/aromatic N) is 2. The first-order valence-corrected chi connectivity index (χ1v) is 10.1. The van der Waals surface area contributed by atoms with Crippen LogP contribution in [0.3, 0.4) is 0 Å². The van der Waals surface area contributed by atoms with E-state index in [0.29, 0.717) is 16.5 Å². The van der Waals surface area contributed by atoms with Gasteiger partial charge in [0, 0.05) is 16.6 Å². The highest BCUT2D eigenvalue weighted by Gasteiger charge is 2.22. The largest absolute Gasteiger partial charge is 0.411 e. The molecule has 27 heavy (non-hydrogen) atoms. The number of hydrogen-bond donors (Lipinski definition) is 2. The number of carbonyl (C=O) groups excluding carboxylic acids is 2. The highest BCUT2D eigenvalue weighted by atomic mass is 35.5. The van der Waals surface area contributed by atoms with Gasteiger partial charge in [-0.05, 0) is 38.0 Å². The molecule has 144 valence electrons. The van der Waals surface area contributed by atoms with Gasteiger partial charge in [-0.15, -0.1) is 10.2 Å². The summed E-state index contributed by atoms with van der Waals surface area (Å²) in [5, 5.41) is 13.4. The number of carbonyl (C=O) groups is 2. The Hall–Kier alpha value is -2.06. The van der Waals surface area contributed by atoms with Crippen molar-refractivity contribution in [3.63, 3.8) is 0 Å². The van der Waals surface area contributed by atoms with E-state index in [1.807, 2.05) is 0 Å². The molecule has 1 aromatic heterocycles. The van der Waals surface area contributed by atoms with E-state index in [0.717, 1.165) is 37.4 Å². The number of hydrogen-bond acceptors (Lipinski definition) is 6. The molecule has 1 atom stereocenters. The number of halogens is 1. The number of nitrogens with one attached hydrogen (secondary N) is 2. The van der Waals surface area contributed by atoms with Crippen LogP contribution in [0.2, 0.25) is 5.02 Å². The molecule has 2 N–H and O–H groups in total. The smallest absolute Gasteiger partial charge is 0.321 e. The first kappa shape index (κ1) is 19.7. The summed E-state index contributed by atoms with van der Waals surface area (Å²) in [6, 6.07) is 6.75. The van der Waals surface area contributed by atoms with Gasteiger partial charge in [0.1, 0.15) is 0 Å². The third-order valence-electron chi connectivity index (χ3n) is 4.30. The summed E-state index contributed by atoms with van der Waals surface area (Å²) < 4.78 is 5.57. The summed E-state index contributed by atoms with van der Waals surface area (Å²) in [5.74, 6) is -0.0848. The maximum atomic E-state index is 12.2. The average molecular weight is 409 g/mol. The highest BCUT2D eigenvalue weighted by molar-refractivity contribution is 8.00. The van der Waals surface area contributed by atoms with E-state index in [1.54, 1.807) is 31.2 Å². The first-order chi connectivity index (χ1) is 13.0. The van der Waals surface area contributed by atoms with Gasteiger partial charge in [-0.25, -0.2) is 4.79 Å². The van der Waals surface area contributed by atoms with Gasteiger partial charge in [-0.1, -0.05) is 48.7 Å². The Kier molecular flexibility index (Phi) is 6.73. The zero-order valence-corrected chi connectivity index (χ0v) is 16.5. The van der Waals surface area contributed by atoms with E-state index >= 15 is 0 Å². The fraction of sp³-hybridized carbons (Fsp3) is 0.444. The van der Waals surface area contributed by atoms with Crippen molar-refractivity contribution >= 4 is 35.3 Å². The van der Waals surface area contributed by atoms with Crippen molar-refractivity contribution in [2.24, 2.45) is 0 Å². The van der Waals surface area contributed by atoms with Crippen LogP contribution in [0.1, 0.15) is 39.0 Å². The summed E-state index contributed by atoms with van der Waals surface area (Å²) in [6.45, 7) is 1.68. The van der Waals surface area contributed by atoms with Gasteiger partial charge >= 0.3 is 6.03 Å². The topological polar surface area (TPSA) is 97.1 Å². The second kappa shape index (κ2) is 9.23. The standard InChI is InChI=1S/C18H21ClN4O3S/c1-11(15(24)21-17(25)20-14-8-3-2-4-9-14)27-18-23-22-16(26-18)12-6-5-7-13(19)10-12/h5-7,10-11,14H,2-4,8-9H2,1H3,(H2,20,21,24,25)/t11-/m1/s1. The molecule has 0 aliphatic heterocycles. The fourth-order valence-electron chi connectivity index (χ4n) is 2.88. The predicted octanol–water partition coefficient (Wildman–Crippen LogP) is 4.03. The van der Waals surface area contributed by atoms with Crippen molar-refractivity contribution in [3.8, 4) is 11.5 Å². The average Bonchev–Trinajstić information content (AvgIpc) is 3.11. The minimum absolute atomic E-state index is 0.144. The lowest BCUT2D eigenvalue weighted by Gasteiger charge is -2.22. The maximum absolute atomic E-state index is 12.2. The second-order valence-electron chi connectivity index (χ2n) is 6.44. The lowest BCUT2D eigenvalue weighted by molar-refractivity contribution is -0.119. The number of amides is 3. The lowest BCUT2D eigenvalue weighted by atomic mass is 9.96. The summed E-state index contributed by atoms with van der Waals surface area (Å²) in [6.07, 6.45) is 5.34. The molecule has 7 nitrogen and oxygen atoms in total. The molecule has 0 spiro atoms. The number of thioether (sulfide) groups is 1. The van der Waals surface area contributed by atoms with Crippen LogP contribution >= 0.6 is 23.4 Å². The van der Waals surface area contributed by atoms with Crippen molar-refractivity contribution in [1.29, 1.82) is 0 Å². The maximum Gasteiger partial charge on any atom is 0.321 e. The van der Waals surface area contributed by atoms with E-state index in [2.05, 4.69) is 20.8 Å². The van der Waals surface area contributed by atoms with Crippen LogP contribution in [0, 0.1) is 0 Å². The summed E-state index contributed by atoms with van der Waals surface area (Å²) in [7, 11) is 0. The van der Waals surface area contributed by atoms with Gasteiger partial charge in [0.25, 0.3) is 5.22 Å². The van der Waals surface area contributed by atoms with Crippen LogP contribution < -0.4 is 10.6 Å². The van der Waals surface area contributed by atoms with Crippen molar-refractivity contribution in [2.45, 2.75) is 55.5 Å². The molecule has 3 rings (SSSR count). The van der Waals surface area contributed by atoms with Crippen molar-refractivity contribution in [2.75, 3.05) is 0 Å². The Morgan fingerprint density at radius 3 is 2.78 bits per heavy atom. The van der Waals surface area contributed by atoms with E-state index in [4.69, 9.17) is 16.0 Å². The Bertz CT molecular complexity index is 807. The Morgan fingerprint density at radius 2 is 2.04 bits per heavy atom. The van der Waals surface area contributed by atoms with Crippen LogP contribution in [-0.4, -0.2) is 33.4 Å². The highest BCUT2D eigenvalue weighted by Crippen LogP contribution is 2.27. The third kappa shape index (κ3) is 5.71. The minimum Gasteiger partial charge on any atom is -0.411 e. The molecule has 1 heterocycles. The Labute approximate surface area is 166 Å². The molecule has 1 fully saturated rings. The van der Waals surface area contributed by atoms with Gasteiger partial charge in [0.15, 0.2) is 0 Å². The molecule has 9 heteroatoms. The fourth-order valence-corrected chi connectivity index (χ4v) is 3.76. The summed E-state index contributed by atoms with van der Waals surface area (Å²) >= 11 is 7.05.